The Morgan fingerprint density at radius 3 is 2.58 bits per heavy atom. The Morgan fingerprint density at radius 1 is 1.08 bits per heavy atom. The number of rotatable bonds is 7. The number of H-pyrrole nitrogens is 1. The van der Waals surface area contributed by atoms with Crippen LogP contribution in [0.15, 0.2) is 46.7 Å². The molecule has 0 amide bonds. The summed E-state index contributed by atoms with van der Waals surface area (Å²) < 4.78 is 15.7. The summed E-state index contributed by atoms with van der Waals surface area (Å²) in [7, 11) is 4.76. The number of nitrogens with one attached hydrogen (secondary N) is 1. The van der Waals surface area contributed by atoms with E-state index in [0.29, 0.717) is 23.0 Å². The lowest BCUT2D eigenvalue weighted by Gasteiger charge is -2.10. The molecule has 136 valence electrons. The van der Waals surface area contributed by atoms with E-state index in [4.69, 9.17) is 14.2 Å². The molecule has 0 aliphatic carbocycles. The molecular weight excluding hydrogens is 354 g/mol. The van der Waals surface area contributed by atoms with Crippen molar-refractivity contribution in [3.63, 3.8) is 0 Å². The molecule has 0 aliphatic heterocycles. The van der Waals surface area contributed by atoms with Crippen molar-refractivity contribution in [3.05, 3.63) is 42.0 Å². The van der Waals surface area contributed by atoms with Crippen molar-refractivity contribution in [2.45, 2.75) is 5.16 Å². The van der Waals surface area contributed by atoms with Crippen molar-refractivity contribution in [1.29, 1.82) is 0 Å². The summed E-state index contributed by atoms with van der Waals surface area (Å²) in [6, 6.07) is 11.0. The number of hydrogen-bond acceptors (Lipinski definition) is 7. The molecule has 7 nitrogen and oxygen atoms in total. The number of aromatic amines is 1. The first-order valence-electron chi connectivity index (χ1n) is 7.78. The minimum atomic E-state index is 0.433. The Bertz CT molecular complexity index is 939. The summed E-state index contributed by atoms with van der Waals surface area (Å²) in [6.45, 7) is 0. The normalized spacial score (nSPS) is 11.6. The van der Waals surface area contributed by atoms with E-state index >= 15 is 0 Å². The molecule has 26 heavy (non-hydrogen) atoms. The third kappa shape index (κ3) is 3.70. The second-order valence-corrected chi connectivity index (χ2v) is 6.29. The Morgan fingerprint density at radius 2 is 1.88 bits per heavy atom. The van der Waals surface area contributed by atoms with E-state index in [2.05, 4.69) is 15.1 Å². The topological polar surface area (TPSA) is 89.0 Å². The third-order valence-electron chi connectivity index (χ3n) is 3.85. The number of ether oxygens (including phenoxy) is 3. The van der Waals surface area contributed by atoms with Crippen LogP contribution >= 0.6 is 11.8 Å². The van der Waals surface area contributed by atoms with Crippen LogP contribution in [0.2, 0.25) is 0 Å². The van der Waals surface area contributed by atoms with Gasteiger partial charge in [0.2, 0.25) is 0 Å². The molecular formula is C18H19N3O4S. The largest absolute Gasteiger partial charge is 0.497 e. The lowest BCUT2D eigenvalue weighted by Crippen LogP contribution is -2.05. The summed E-state index contributed by atoms with van der Waals surface area (Å²) in [5.74, 6) is 2.39. The maximum absolute atomic E-state index is 9.41. The SMILES string of the molecule is COc1ccc2nc(SCC(=NO)c3ccc(OC)c(OC)c3)[nH]c2c1. The molecule has 0 fully saturated rings. The summed E-state index contributed by atoms with van der Waals surface area (Å²) in [4.78, 5) is 7.75. The fourth-order valence-electron chi connectivity index (χ4n) is 2.48. The van der Waals surface area contributed by atoms with Crippen LogP contribution in [0, 0.1) is 0 Å². The van der Waals surface area contributed by atoms with E-state index in [0.717, 1.165) is 27.5 Å². The molecule has 0 atom stereocenters. The zero-order valence-corrected chi connectivity index (χ0v) is 15.5. The molecule has 0 aliphatic rings. The van der Waals surface area contributed by atoms with E-state index in [-0.39, 0.29) is 0 Å². The van der Waals surface area contributed by atoms with E-state index in [9.17, 15) is 5.21 Å². The molecule has 0 unspecified atom stereocenters. The molecule has 0 bridgehead atoms. The molecule has 1 heterocycles. The van der Waals surface area contributed by atoms with Gasteiger partial charge in [-0.15, -0.1) is 0 Å². The van der Waals surface area contributed by atoms with Gasteiger partial charge in [-0.1, -0.05) is 16.9 Å². The van der Waals surface area contributed by atoms with Gasteiger partial charge in [0, 0.05) is 17.4 Å². The molecule has 1 aromatic heterocycles. The van der Waals surface area contributed by atoms with Crippen molar-refractivity contribution < 1.29 is 19.4 Å². The monoisotopic (exact) mass is 373 g/mol. The first-order valence-corrected chi connectivity index (χ1v) is 8.77. The van der Waals surface area contributed by atoms with Gasteiger partial charge in [-0.2, -0.15) is 0 Å². The van der Waals surface area contributed by atoms with E-state index in [1.807, 2.05) is 24.3 Å². The number of aromatic nitrogens is 2. The van der Waals surface area contributed by atoms with Crippen LogP contribution in [0.25, 0.3) is 11.0 Å². The van der Waals surface area contributed by atoms with E-state index < -0.39 is 0 Å². The van der Waals surface area contributed by atoms with Gasteiger partial charge in [0.25, 0.3) is 0 Å². The average Bonchev–Trinajstić information content (AvgIpc) is 3.10. The fraction of sp³-hybridized carbons (Fsp3) is 0.222. The number of fused-ring (bicyclic) bond motifs is 1. The lowest BCUT2D eigenvalue weighted by atomic mass is 10.1. The molecule has 3 aromatic rings. The van der Waals surface area contributed by atoms with Gasteiger partial charge in [0.05, 0.1) is 38.1 Å². The Labute approximate surface area is 155 Å². The molecule has 2 N–H and O–H groups in total. The maximum atomic E-state index is 9.41. The maximum Gasteiger partial charge on any atom is 0.166 e. The van der Waals surface area contributed by atoms with Crippen molar-refractivity contribution >= 4 is 28.5 Å². The first kappa shape index (κ1) is 17.9. The second kappa shape index (κ2) is 8.01. The highest BCUT2D eigenvalue weighted by molar-refractivity contribution is 7.99. The fourth-order valence-corrected chi connectivity index (χ4v) is 3.33. The Hall–Kier alpha value is -2.87. The number of hydrogen-bond donors (Lipinski definition) is 2. The van der Waals surface area contributed by atoms with Crippen molar-refractivity contribution in [3.8, 4) is 17.2 Å². The number of thioether (sulfide) groups is 1. The van der Waals surface area contributed by atoms with Crippen LogP contribution in [-0.4, -0.2) is 48.0 Å². The van der Waals surface area contributed by atoms with E-state index in [1.165, 1.54) is 11.8 Å². The number of nitrogens with zero attached hydrogens (tertiary/aromatic N) is 2. The quantitative estimate of drug-likeness (QED) is 0.285. The highest BCUT2D eigenvalue weighted by Gasteiger charge is 2.12. The third-order valence-corrected chi connectivity index (χ3v) is 4.73. The van der Waals surface area contributed by atoms with Crippen LogP contribution in [0.1, 0.15) is 5.56 Å². The van der Waals surface area contributed by atoms with E-state index in [1.54, 1.807) is 33.5 Å². The van der Waals surface area contributed by atoms with Gasteiger partial charge in [-0.25, -0.2) is 4.98 Å². The summed E-state index contributed by atoms with van der Waals surface area (Å²) in [5, 5.41) is 13.6. The van der Waals surface area contributed by atoms with Crippen LogP contribution < -0.4 is 14.2 Å². The summed E-state index contributed by atoms with van der Waals surface area (Å²) in [6.07, 6.45) is 0. The molecule has 0 saturated carbocycles. The van der Waals surface area contributed by atoms with Gasteiger partial charge >= 0.3 is 0 Å². The highest BCUT2D eigenvalue weighted by Crippen LogP contribution is 2.29. The minimum absolute atomic E-state index is 0.433. The van der Waals surface area contributed by atoms with Gasteiger partial charge < -0.3 is 24.4 Å². The van der Waals surface area contributed by atoms with Crippen LogP contribution in [0.3, 0.4) is 0 Å². The zero-order valence-electron chi connectivity index (χ0n) is 14.6. The van der Waals surface area contributed by atoms with Crippen LogP contribution in [0.5, 0.6) is 17.2 Å². The number of methoxy groups -OCH3 is 3. The van der Waals surface area contributed by atoms with Crippen molar-refractivity contribution in [2.75, 3.05) is 27.1 Å². The van der Waals surface area contributed by atoms with Crippen molar-refractivity contribution in [2.24, 2.45) is 5.16 Å². The molecule has 3 rings (SSSR count). The number of imidazole rings is 1. The smallest absolute Gasteiger partial charge is 0.166 e. The first-order chi connectivity index (χ1) is 12.7. The second-order valence-electron chi connectivity index (χ2n) is 5.33. The molecule has 2 aromatic carbocycles. The van der Waals surface area contributed by atoms with Gasteiger partial charge in [-0.3, -0.25) is 0 Å². The van der Waals surface area contributed by atoms with Crippen molar-refractivity contribution in [1.82, 2.24) is 9.97 Å². The number of oxime groups is 1. The average molecular weight is 373 g/mol. The van der Waals surface area contributed by atoms with Crippen LogP contribution in [-0.2, 0) is 0 Å². The molecule has 8 heteroatoms. The predicted molar refractivity (Wildman–Crippen MR) is 101 cm³/mol. The lowest BCUT2D eigenvalue weighted by molar-refractivity contribution is 0.319. The van der Waals surface area contributed by atoms with Gasteiger partial charge in [0.1, 0.15) is 5.75 Å². The molecule has 0 saturated heterocycles. The standard InChI is InChI=1S/C18H19N3O4S/c1-23-12-5-6-13-14(9-12)20-18(19-13)26-10-15(21-22)11-4-7-16(24-2)17(8-11)25-3/h4-9,22H,10H2,1-3H3,(H,19,20). The van der Waals surface area contributed by atoms with Gasteiger partial charge in [0.15, 0.2) is 16.7 Å². The minimum Gasteiger partial charge on any atom is -0.497 e. The van der Waals surface area contributed by atoms with Gasteiger partial charge in [-0.05, 0) is 30.3 Å². The van der Waals surface area contributed by atoms with Crippen LogP contribution in [0.4, 0.5) is 0 Å². The Kier molecular flexibility index (Phi) is 5.52. The summed E-state index contributed by atoms with van der Waals surface area (Å²) >= 11 is 1.44. The molecule has 0 spiro atoms. The number of benzene rings is 2. The molecule has 0 radical (unpaired) electrons. The Balaban J connectivity index is 1.77. The predicted octanol–water partition coefficient (Wildman–Crippen LogP) is 3.56. The summed E-state index contributed by atoms with van der Waals surface area (Å²) in [5.41, 5.74) is 2.99. The zero-order chi connectivity index (χ0) is 18.5. The highest BCUT2D eigenvalue weighted by atomic mass is 32.2.